The Morgan fingerprint density at radius 2 is 1.95 bits per heavy atom. The number of hydrogen-bond donors (Lipinski definition) is 1. The molecule has 2 saturated heterocycles. The lowest BCUT2D eigenvalue weighted by Crippen LogP contribution is -2.47. The van der Waals surface area contributed by atoms with E-state index in [2.05, 4.69) is 57.1 Å². The fourth-order valence-corrected chi connectivity index (χ4v) is 4.03. The quantitative estimate of drug-likeness (QED) is 0.809. The smallest absolute Gasteiger partial charge is 0.0469 e. The highest BCUT2D eigenvalue weighted by atomic mass is 127. The molecule has 0 bridgehead atoms. The molecule has 0 aromatic heterocycles. The monoisotopic (exact) mass is 386 g/mol. The van der Waals surface area contributed by atoms with Crippen LogP contribution in [0.1, 0.15) is 24.4 Å². The molecule has 3 rings (SSSR count). The van der Waals surface area contributed by atoms with Gasteiger partial charge in [-0.2, -0.15) is 0 Å². The maximum absolute atomic E-state index is 5.56. The van der Waals surface area contributed by atoms with E-state index in [1.807, 2.05) is 0 Å². The predicted octanol–water partition coefficient (Wildman–Crippen LogP) is 2.66. The van der Waals surface area contributed by atoms with Crippen molar-refractivity contribution in [3.05, 3.63) is 33.4 Å². The van der Waals surface area contributed by atoms with Gasteiger partial charge in [-0.05, 0) is 59.0 Å². The van der Waals surface area contributed by atoms with Gasteiger partial charge >= 0.3 is 0 Å². The summed E-state index contributed by atoms with van der Waals surface area (Å²) < 4.78 is 6.90. The van der Waals surface area contributed by atoms with Crippen molar-refractivity contribution in [2.45, 2.75) is 18.9 Å². The predicted molar refractivity (Wildman–Crippen MR) is 89.9 cm³/mol. The molecule has 0 radical (unpaired) electrons. The first-order valence-electron chi connectivity index (χ1n) is 7.62. The van der Waals surface area contributed by atoms with E-state index in [-0.39, 0.29) is 0 Å². The SMILES string of the molecule is Ic1cccc([C@H](C2CCOCC2)N2CCNCC2)c1. The average molecular weight is 386 g/mol. The topological polar surface area (TPSA) is 24.5 Å². The van der Waals surface area contributed by atoms with Gasteiger partial charge in [0.05, 0.1) is 0 Å². The second-order valence-corrected chi connectivity index (χ2v) is 6.98. The average Bonchev–Trinajstić information content (AvgIpc) is 2.50. The highest BCUT2D eigenvalue weighted by Gasteiger charge is 2.31. The van der Waals surface area contributed by atoms with E-state index >= 15 is 0 Å². The molecule has 2 aliphatic heterocycles. The van der Waals surface area contributed by atoms with Crippen LogP contribution in [0.4, 0.5) is 0 Å². The minimum Gasteiger partial charge on any atom is -0.381 e. The Bertz CT molecular complexity index is 410. The summed E-state index contributed by atoms with van der Waals surface area (Å²) in [6.45, 7) is 6.41. The number of rotatable bonds is 3. The molecule has 0 amide bonds. The molecule has 4 heteroatoms. The maximum Gasteiger partial charge on any atom is 0.0469 e. The van der Waals surface area contributed by atoms with E-state index in [9.17, 15) is 0 Å². The normalized spacial score (nSPS) is 23.6. The van der Waals surface area contributed by atoms with E-state index in [1.165, 1.54) is 22.0 Å². The minimum absolute atomic E-state index is 0.565. The van der Waals surface area contributed by atoms with Gasteiger partial charge in [0.15, 0.2) is 0 Å². The van der Waals surface area contributed by atoms with Gasteiger partial charge in [-0.1, -0.05) is 12.1 Å². The van der Waals surface area contributed by atoms with Gasteiger partial charge in [0.1, 0.15) is 0 Å². The van der Waals surface area contributed by atoms with E-state index < -0.39 is 0 Å². The van der Waals surface area contributed by atoms with E-state index in [0.717, 1.165) is 45.3 Å². The summed E-state index contributed by atoms with van der Waals surface area (Å²) in [5, 5.41) is 3.47. The lowest BCUT2D eigenvalue weighted by molar-refractivity contribution is 0.0213. The number of benzene rings is 1. The van der Waals surface area contributed by atoms with Gasteiger partial charge in [0.2, 0.25) is 0 Å². The first kappa shape index (κ1) is 14.8. The zero-order valence-corrected chi connectivity index (χ0v) is 14.0. The molecule has 0 unspecified atom stereocenters. The summed E-state index contributed by atoms with van der Waals surface area (Å²) in [7, 11) is 0. The summed E-state index contributed by atoms with van der Waals surface area (Å²) in [5.74, 6) is 0.736. The number of ether oxygens (including phenoxy) is 1. The van der Waals surface area contributed by atoms with E-state index in [4.69, 9.17) is 4.74 Å². The third-order valence-electron chi connectivity index (χ3n) is 4.45. The third kappa shape index (κ3) is 3.53. The first-order chi connectivity index (χ1) is 9.84. The highest BCUT2D eigenvalue weighted by molar-refractivity contribution is 14.1. The molecule has 2 heterocycles. The van der Waals surface area contributed by atoms with Gasteiger partial charge in [-0.15, -0.1) is 0 Å². The fourth-order valence-electron chi connectivity index (χ4n) is 3.46. The molecular weight excluding hydrogens is 363 g/mol. The van der Waals surface area contributed by atoms with Crippen LogP contribution in [0, 0.1) is 9.49 Å². The van der Waals surface area contributed by atoms with Crippen molar-refractivity contribution in [2.75, 3.05) is 39.4 Å². The Morgan fingerprint density at radius 3 is 2.65 bits per heavy atom. The number of nitrogens with one attached hydrogen (secondary N) is 1. The Labute approximate surface area is 135 Å². The number of hydrogen-bond acceptors (Lipinski definition) is 3. The van der Waals surface area contributed by atoms with Gasteiger partial charge < -0.3 is 10.1 Å². The van der Waals surface area contributed by atoms with Crippen LogP contribution in [0.25, 0.3) is 0 Å². The highest BCUT2D eigenvalue weighted by Crippen LogP contribution is 2.35. The van der Waals surface area contributed by atoms with Crippen LogP contribution in [0.15, 0.2) is 24.3 Å². The van der Waals surface area contributed by atoms with Crippen molar-refractivity contribution in [1.82, 2.24) is 10.2 Å². The largest absolute Gasteiger partial charge is 0.381 e. The second-order valence-electron chi connectivity index (χ2n) is 5.74. The summed E-state index contributed by atoms with van der Waals surface area (Å²) in [6, 6.07) is 9.62. The number of piperazine rings is 1. The lowest BCUT2D eigenvalue weighted by atomic mass is 9.85. The molecule has 0 spiro atoms. The Hall–Kier alpha value is -0.170. The van der Waals surface area contributed by atoms with Gasteiger partial charge in [-0.25, -0.2) is 0 Å². The van der Waals surface area contributed by atoms with Crippen LogP contribution in [0.5, 0.6) is 0 Å². The van der Waals surface area contributed by atoms with Crippen LogP contribution in [-0.2, 0) is 4.74 Å². The van der Waals surface area contributed by atoms with Crippen LogP contribution in [0.3, 0.4) is 0 Å². The molecule has 110 valence electrons. The second kappa shape index (κ2) is 7.20. The molecule has 1 aromatic rings. The van der Waals surface area contributed by atoms with Crippen LogP contribution < -0.4 is 5.32 Å². The summed E-state index contributed by atoms with van der Waals surface area (Å²) in [5.41, 5.74) is 1.49. The summed E-state index contributed by atoms with van der Waals surface area (Å²) in [4.78, 5) is 2.68. The zero-order valence-electron chi connectivity index (χ0n) is 11.9. The molecule has 1 aromatic carbocycles. The van der Waals surface area contributed by atoms with Gasteiger partial charge in [0, 0.05) is 49.0 Å². The fraction of sp³-hybridized carbons (Fsp3) is 0.625. The molecule has 2 aliphatic rings. The number of nitrogens with zero attached hydrogens (tertiary/aromatic N) is 1. The summed E-state index contributed by atoms with van der Waals surface area (Å²) >= 11 is 2.42. The number of halogens is 1. The van der Waals surface area contributed by atoms with Crippen LogP contribution in [0.2, 0.25) is 0 Å². The minimum atomic E-state index is 0.565. The molecule has 1 atom stereocenters. The Morgan fingerprint density at radius 1 is 1.20 bits per heavy atom. The van der Waals surface area contributed by atoms with E-state index in [1.54, 1.807) is 0 Å². The standard InChI is InChI=1S/C16H23IN2O/c17-15-3-1-2-14(12-15)16(13-4-10-20-11-5-13)19-8-6-18-7-9-19/h1-3,12-13,16,18H,4-11H2/t16-/m0/s1. The van der Waals surface area contributed by atoms with Crippen LogP contribution >= 0.6 is 22.6 Å². The molecule has 0 aliphatic carbocycles. The molecule has 20 heavy (non-hydrogen) atoms. The van der Waals surface area contributed by atoms with Crippen molar-refractivity contribution in [3.63, 3.8) is 0 Å². The van der Waals surface area contributed by atoms with E-state index in [0.29, 0.717) is 6.04 Å². The van der Waals surface area contributed by atoms with Crippen molar-refractivity contribution in [1.29, 1.82) is 0 Å². The Balaban J connectivity index is 1.85. The maximum atomic E-state index is 5.56. The van der Waals surface area contributed by atoms with Gasteiger partial charge in [-0.3, -0.25) is 4.90 Å². The van der Waals surface area contributed by atoms with Crippen molar-refractivity contribution in [3.8, 4) is 0 Å². The third-order valence-corrected chi connectivity index (χ3v) is 5.12. The molecule has 1 N–H and O–H groups in total. The molecular formula is C16H23IN2O. The summed E-state index contributed by atoms with van der Waals surface area (Å²) in [6.07, 6.45) is 2.39. The molecule has 0 saturated carbocycles. The van der Waals surface area contributed by atoms with Crippen molar-refractivity contribution in [2.24, 2.45) is 5.92 Å². The van der Waals surface area contributed by atoms with Crippen molar-refractivity contribution >= 4 is 22.6 Å². The molecule has 3 nitrogen and oxygen atoms in total. The zero-order chi connectivity index (χ0) is 13.8. The van der Waals surface area contributed by atoms with Crippen LogP contribution in [-0.4, -0.2) is 44.3 Å². The van der Waals surface area contributed by atoms with Gasteiger partial charge in [0.25, 0.3) is 0 Å². The van der Waals surface area contributed by atoms with Crippen molar-refractivity contribution < 1.29 is 4.74 Å². The lowest BCUT2D eigenvalue weighted by Gasteiger charge is -2.41. The first-order valence-corrected chi connectivity index (χ1v) is 8.70. The Kier molecular flexibility index (Phi) is 5.31. The molecule has 2 fully saturated rings.